The first-order chi connectivity index (χ1) is 4.61. The van der Waals surface area contributed by atoms with Crippen LogP contribution in [0.4, 0.5) is 0 Å². The Hall–Kier alpha value is 1.44. The molecule has 1 rings (SSSR count). The maximum Gasteiger partial charge on any atom is 0.156 e. The van der Waals surface area contributed by atoms with E-state index in [1.54, 1.807) is 18.7 Å². The van der Waals surface area contributed by atoms with Crippen LogP contribution in [0.2, 0.25) is 0 Å². The van der Waals surface area contributed by atoms with Gasteiger partial charge in [0.15, 0.2) is 5.78 Å². The minimum Gasteiger partial charge on any atom is -0.297 e. The van der Waals surface area contributed by atoms with Crippen LogP contribution in [-0.2, 0) is 4.79 Å². The fourth-order valence-electron chi connectivity index (χ4n) is 0.672. The predicted molar refractivity (Wildman–Crippen MR) is 60.8 cm³/mol. The lowest BCUT2D eigenvalue weighted by atomic mass is 10.4. The summed E-state index contributed by atoms with van der Waals surface area (Å²) in [6.45, 7) is 1.63. The summed E-state index contributed by atoms with van der Waals surface area (Å²) in [5, 5.41) is 3.23. The third-order valence-corrected chi connectivity index (χ3v) is 6.99. The van der Waals surface area contributed by atoms with Crippen LogP contribution in [0, 0.1) is 0 Å². The Bertz CT molecular complexity index is 145. The summed E-state index contributed by atoms with van der Waals surface area (Å²) < 4.78 is 0.948. The molecule has 3 unspecified atom stereocenters. The van der Waals surface area contributed by atoms with Gasteiger partial charge in [0.2, 0.25) is 0 Å². The molecule has 0 aliphatic carbocycles. The standard InChI is InChI=1S/C5H7I2NOS/c1-2(9)5-8-3(6)4(7)10-5/h3-5,8H,1H3. The molecule has 58 valence electrons. The molecule has 10 heavy (non-hydrogen) atoms. The van der Waals surface area contributed by atoms with Crippen molar-refractivity contribution in [2.45, 2.75) is 19.6 Å². The minimum absolute atomic E-state index is 0.0313. The number of hydrogen-bond donors (Lipinski definition) is 1. The lowest BCUT2D eigenvalue weighted by Crippen LogP contribution is -2.30. The maximum absolute atomic E-state index is 10.8. The second-order valence-corrected chi connectivity index (χ2v) is 6.83. The first kappa shape index (κ1) is 9.53. The van der Waals surface area contributed by atoms with Crippen LogP contribution in [0.25, 0.3) is 0 Å². The Labute approximate surface area is 91.6 Å². The monoisotopic (exact) mass is 383 g/mol. The number of nitrogens with one attached hydrogen (secondary N) is 1. The molecular formula is C5H7I2NOS. The molecule has 0 amide bonds. The van der Waals surface area contributed by atoms with E-state index in [9.17, 15) is 4.79 Å². The highest BCUT2D eigenvalue weighted by molar-refractivity contribution is 14.1. The van der Waals surface area contributed by atoms with Crippen molar-refractivity contribution in [3.05, 3.63) is 0 Å². The van der Waals surface area contributed by atoms with Crippen LogP contribution in [-0.4, -0.2) is 18.5 Å². The summed E-state index contributed by atoms with van der Waals surface area (Å²) in [7, 11) is 0. The third-order valence-electron chi connectivity index (χ3n) is 1.18. The van der Waals surface area contributed by atoms with Gasteiger partial charge in [0.1, 0.15) is 5.37 Å². The Balaban J connectivity index is 2.49. The van der Waals surface area contributed by atoms with Crippen LogP contribution in [0.1, 0.15) is 6.92 Å². The average Bonchev–Trinajstić information content (AvgIpc) is 2.13. The molecule has 2 nitrogen and oxygen atoms in total. The van der Waals surface area contributed by atoms with Gasteiger partial charge in [-0.15, -0.1) is 11.8 Å². The van der Waals surface area contributed by atoms with Crippen LogP contribution in [0.5, 0.6) is 0 Å². The van der Waals surface area contributed by atoms with Gasteiger partial charge in [0.05, 0.1) is 7.31 Å². The molecule has 0 aromatic heterocycles. The molecule has 3 atom stereocenters. The zero-order chi connectivity index (χ0) is 7.72. The third kappa shape index (κ3) is 2.21. The Morgan fingerprint density at radius 2 is 2.20 bits per heavy atom. The van der Waals surface area contributed by atoms with E-state index in [0.717, 1.165) is 0 Å². The van der Waals surface area contributed by atoms with Gasteiger partial charge in [-0.2, -0.15) is 0 Å². The largest absolute Gasteiger partial charge is 0.297 e. The lowest BCUT2D eigenvalue weighted by Gasteiger charge is -2.03. The van der Waals surface area contributed by atoms with Gasteiger partial charge in [-0.25, -0.2) is 0 Å². The quantitative estimate of drug-likeness (QED) is 0.425. The highest BCUT2D eigenvalue weighted by Gasteiger charge is 2.32. The molecule has 0 radical (unpaired) electrons. The molecule has 0 bridgehead atoms. The van der Waals surface area contributed by atoms with Gasteiger partial charge >= 0.3 is 0 Å². The Kier molecular flexibility index (Phi) is 3.72. The van der Waals surface area contributed by atoms with Crippen molar-refractivity contribution in [3.63, 3.8) is 0 Å². The minimum atomic E-state index is 0.0313. The molecule has 1 aliphatic rings. The number of thioether (sulfide) groups is 1. The molecule has 0 aromatic carbocycles. The van der Waals surface area contributed by atoms with Crippen molar-refractivity contribution in [3.8, 4) is 0 Å². The van der Waals surface area contributed by atoms with E-state index in [0.29, 0.717) is 7.31 Å². The fraction of sp³-hybridized carbons (Fsp3) is 0.800. The summed E-state index contributed by atoms with van der Waals surface area (Å²) in [4.78, 5) is 10.8. The number of alkyl halides is 2. The zero-order valence-corrected chi connectivity index (χ0v) is 10.4. The van der Waals surface area contributed by atoms with Crippen LogP contribution >= 0.6 is 56.9 Å². The van der Waals surface area contributed by atoms with Gasteiger partial charge < -0.3 is 0 Å². The predicted octanol–water partition coefficient (Wildman–Crippen LogP) is 1.76. The van der Waals surface area contributed by atoms with Crippen molar-refractivity contribution in [1.82, 2.24) is 5.32 Å². The second-order valence-electron chi connectivity index (χ2n) is 2.05. The van der Waals surface area contributed by atoms with Crippen molar-refractivity contribution in [2.24, 2.45) is 0 Å². The van der Waals surface area contributed by atoms with E-state index in [4.69, 9.17) is 0 Å². The molecule has 0 spiro atoms. The van der Waals surface area contributed by atoms with Crippen molar-refractivity contribution in [1.29, 1.82) is 0 Å². The smallest absolute Gasteiger partial charge is 0.156 e. The molecular weight excluding hydrogens is 376 g/mol. The molecule has 1 saturated heterocycles. The van der Waals surface area contributed by atoms with E-state index in [1.165, 1.54) is 0 Å². The molecule has 1 aliphatic heterocycles. The first-order valence-electron chi connectivity index (χ1n) is 2.81. The SMILES string of the molecule is CC(=O)C1NC(I)C(I)S1. The topological polar surface area (TPSA) is 29.1 Å². The van der Waals surface area contributed by atoms with Crippen molar-refractivity contribution < 1.29 is 4.79 Å². The average molecular weight is 383 g/mol. The van der Waals surface area contributed by atoms with E-state index in [-0.39, 0.29) is 11.2 Å². The van der Waals surface area contributed by atoms with Crippen molar-refractivity contribution >= 4 is 62.7 Å². The highest BCUT2D eigenvalue weighted by Crippen LogP contribution is 2.35. The number of halogens is 2. The number of carbonyl (C=O) groups excluding carboxylic acids is 1. The summed E-state index contributed by atoms with van der Waals surface area (Å²) in [5.74, 6) is 0.228. The number of hydrogen-bond acceptors (Lipinski definition) is 3. The number of carbonyl (C=O) groups is 1. The van der Waals surface area contributed by atoms with Crippen LogP contribution in [0.15, 0.2) is 0 Å². The van der Waals surface area contributed by atoms with Crippen LogP contribution in [0.3, 0.4) is 0 Å². The van der Waals surface area contributed by atoms with Gasteiger partial charge in [-0.1, -0.05) is 45.2 Å². The zero-order valence-electron chi connectivity index (χ0n) is 5.30. The van der Waals surface area contributed by atoms with Gasteiger partial charge in [0.25, 0.3) is 0 Å². The van der Waals surface area contributed by atoms with Gasteiger partial charge in [-0.3, -0.25) is 10.1 Å². The Morgan fingerprint density at radius 3 is 2.40 bits per heavy atom. The van der Waals surface area contributed by atoms with E-state index >= 15 is 0 Å². The molecule has 1 heterocycles. The lowest BCUT2D eigenvalue weighted by molar-refractivity contribution is -0.116. The molecule has 1 fully saturated rings. The second kappa shape index (κ2) is 3.90. The van der Waals surface area contributed by atoms with E-state index in [1.807, 2.05) is 0 Å². The van der Waals surface area contributed by atoms with Crippen molar-refractivity contribution in [2.75, 3.05) is 0 Å². The Morgan fingerprint density at radius 1 is 1.60 bits per heavy atom. The molecule has 5 heteroatoms. The summed E-state index contributed by atoms with van der Waals surface area (Å²) >= 11 is 6.36. The number of ketones is 1. The molecule has 1 N–H and O–H groups in total. The highest BCUT2D eigenvalue weighted by atomic mass is 127. The fourth-order valence-corrected chi connectivity index (χ4v) is 3.77. The summed E-state index contributed by atoms with van der Waals surface area (Å²) in [6.07, 6.45) is 0. The maximum atomic E-state index is 10.8. The number of Topliss-reactive ketones (excluding diaryl/α,β-unsaturated/α-hetero) is 1. The first-order valence-corrected chi connectivity index (χ1v) is 6.25. The summed E-state index contributed by atoms with van der Waals surface area (Å²) in [6, 6.07) is 0. The van der Waals surface area contributed by atoms with Gasteiger partial charge in [-0.05, 0) is 6.92 Å². The molecule has 0 aromatic rings. The normalized spacial score (nSPS) is 40.1. The van der Waals surface area contributed by atoms with E-state index in [2.05, 4.69) is 50.5 Å². The van der Waals surface area contributed by atoms with E-state index < -0.39 is 0 Å². The molecule has 0 saturated carbocycles. The van der Waals surface area contributed by atoms with Gasteiger partial charge in [0, 0.05) is 0 Å². The number of rotatable bonds is 1. The summed E-state index contributed by atoms with van der Waals surface area (Å²) in [5.41, 5.74) is 0. The van der Waals surface area contributed by atoms with Crippen LogP contribution < -0.4 is 5.32 Å².